The van der Waals surface area contributed by atoms with Crippen molar-refractivity contribution in [2.75, 3.05) is 19.5 Å². The summed E-state index contributed by atoms with van der Waals surface area (Å²) in [5.74, 6) is 1.74. The molecule has 0 amide bonds. The second kappa shape index (κ2) is 6.08. The van der Waals surface area contributed by atoms with Gasteiger partial charge in [0.05, 0.1) is 28.7 Å². The van der Waals surface area contributed by atoms with Crippen LogP contribution in [-0.2, 0) is 0 Å². The molecular weight excluding hydrogens is 338 g/mol. The van der Waals surface area contributed by atoms with Crippen LogP contribution in [0.1, 0.15) is 24.3 Å². The SMILES string of the molecule is CNc1nc(=O)n(-c2ccccc2Cl)c2cc(C3CC3)cc(OC)c12. The first-order valence-corrected chi connectivity index (χ1v) is 8.59. The first kappa shape index (κ1) is 16.0. The van der Waals surface area contributed by atoms with E-state index in [1.807, 2.05) is 24.3 Å². The summed E-state index contributed by atoms with van der Waals surface area (Å²) < 4.78 is 7.18. The van der Waals surface area contributed by atoms with Gasteiger partial charge in [-0.25, -0.2) is 4.79 Å². The Balaban J connectivity index is 2.15. The highest BCUT2D eigenvalue weighted by atomic mass is 35.5. The standard InChI is InChI=1S/C19H18ClN3O2/c1-21-18-17-15(9-12(11-7-8-11)10-16(17)25-2)23(19(24)22-18)14-6-4-3-5-13(14)20/h3-6,9-11H,7-8H2,1-2H3,(H,21,22,24). The van der Waals surface area contributed by atoms with E-state index in [0.717, 1.165) is 23.7 Å². The maximum absolute atomic E-state index is 12.8. The molecule has 25 heavy (non-hydrogen) atoms. The van der Waals surface area contributed by atoms with Gasteiger partial charge in [-0.1, -0.05) is 23.7 Å². The van der Waals surface area contributed by atoms with Gasteiger partial charge in [0.15, 0.2) is 0 Å². The molecule has 0 bridgehead atoms. The molecule has 1 aliphatic carbocycles. The zero-order valence-electron chi connectivity index (χ0n) is 14.0. The molecule has 4 rings (SSSR count). The molecule has 1 heterocycles. The van der Waals surface area contributed by atoms with Gasteiger partial charge >= 0.3 is 5.69 Å². The number of methoxy groups -OCH3 is 1. The van der Waals surface area contributed by atoms with Crippen molar-refractivity contribution >= 4 is 28.3 Å². The number of aromatic nitrogens is 2. The van der Waals surface area contributed by atoms with E-state index in [0.29, 0.717) is 28.2 Å². The molecule has 3 aromatic rings. The largest absolute Gasteiger partial charge is 0.496 e. The molecule has 0 unspecified atom stereocenters. The van der Waals surface area contributed by atoms with E-state index in [4.69, 9.17) is 16.3 Å². The normalized spacial score (nSPS) is 13.9. The second-order valence-electron chi connectivity index (χ2n) is 6.17. The fourth-order valence-corrected chi connectivity index (χ4v) is 3.42. The number of fused-ring (bicyclic) bond motifs is 1. The van der Waals surface area contributed by atoms with Crippen LogP contribution in [0.2, 0.25) is 5.02 Å². The lowest BCUT2D eigenvalue weighted by atomic mass is 10.1. The van der Waals surface area contributed by atoms with Crippen LogP contribution in [0.25, 0.3) is 16.6 Å². The van der Waals surface area contributed by atoms with Gasteiger partial charge in [-0.05, 0) is 48.6 Å². The predicted molar refractivity (Wildman–Crippen MR) is 100 cm³/mol. The van der Waals surface area contributed by atoms with Crippen molar-refractivity contribution in [3.63, 3.8) is 0 Å². The van der Waals surface area contributed by atoms with E-state index in [2.05, 4.69) is 16.4 Å². The fourth-order valence-electron chi connectivity index (χ4n) is 3.20. The summed E-state index contributed by atoms with van der Waals surface area (Å²) in [4.78, 5) is 17.0. The summed E-state index contributed by atoms with van der Waals surface area (Å²) in [5, 5.41) is 4.28. The molecule has 0 atom stereocenters. The van der Waals surface area contributed by atoms with Crippen LogP contribution in [0.15, 0.2) is 41.2 Å². The molecule has 5 nitrogen and oxygen atoms in total. The number of ether oxygens (including phenoxy) is 1. The Morgan fingerprint density at radius 1 is 1.28 bits per heavy atom. The van der Waals surface area contributed by atoms with Gasteiger partial charge in [0.25, 0.3) is 0 Å². The van der Waals surface area contributed by atoms with Crippen LogP contribution in [0, 0.1) is 0 Å². The van der Waals surface area contributed by atoms with Crippen molar-refractivity contribution in [3.05, 3.63) is 57.5 Å². The molecule has 0 spiro atoms. The highest BCUT2D eigenvalue weighted by Gasteiger charge is 2.26. The zero-order valence-corrected chi connectivity index (χ0v) is 14.8. The molecular formula is C19H18ClN3O2. The van der Waals surface area contributed by atoms with Gasteiger partial charge in [0, 0.05) is 7.05 Å². The molecule has 128 valence electrons. The van der Waals surface area contributed by atoms with Gasteiger partial charge in [0.1, 0.15) is 11.6 Å². The lowest BCUT2D eigenvalue weighted by Crippen LogP contribution is -2.23. The smallest absolute Gasteiger partial charge is 0.354 e. The van der Waals surface area contributed by atoms with Crippen molar-refractivity contribution in [2.45, 2.75) is 18.8 Å². The molecule has 2 aromatic carbocycles. The quantitative estimate of drug-likeness (QED) is 0.769. The minimum absolute atomic E-state index is 0.375. The number of rotatable bonds is 4. The van der Waals surface area contributed by atoms with Crippen LogP contribution in [0.4, 0.5) is 5.82 Å². The average molecular weight is 356 g/mol. The number of halogens is 1. The van der Waals surface area contributed by atoms with Crippen molar-refractivity contribution in [1.82, 2.24) is 9.55 Å². The summed E-state index contributed by atoms with van der Waals surface area (Å²) >= 11 is 6.36. The Morgan fingerprint density at radius 3 is 2.68 bits per heavy atom. The van der Waals surface area contributed by atoms with E-state index in [1.165, 1.54) is 5.56 Å². The highest BCUT2D eigenvalue weighted by molar-refractivity contribution is 6.32. The molecule has 6 heteroatoms. The van der Waals surface area contributed by atoms with Gasteiger partial charge in [0.2, 0.25) is 0 Å². The molecule has 0 aliphatic heterocycles. The summed E-state index contributed by atoms with van der Waals surface area (Å²) in [7, 11) is 3.38. The fraction of sp³-hybridized carbons (Fsp3) is 0.263. The first-order valence-electron chi connectivity index (χ1n) is 8.21. The Bertz CT molecular complexity index is 1030. The van der Waals surface area contributed by atoms with Gasteiger partial charge < -0.3 is 10.1 Å². The van der Waals surface area contributed by atoms with Crippen LogP contribution < -0.4 is 15.7 Å². The van der Waals surface area contributed by atoms with Gasteiger partial charge in [-0.2, -0.15) is 4.98 Å². The lowest BCUT2D eigenvalue weighted by Gasteiger charge is -2.17. The number of hydrogen-bond acceptors (Lipinski definition) is 4. The number of para-hydroxylation sites is 1. The third-order valence-electron chi connectivity index (χ3n) is 4.58. The maximum atomic E-state index is 12.8. The Labute approximate surface area is 150 Å². The molecule has 0 radical (unpaired) electrons. The van der Waals surface area contributed by atoms with Crippen molar-refractivity contribution in [1.29, 1.82) is 0 Å². The van der Waals surface area contributed by atoms with E-state index in [-0.39, 0.29) is 5.69 Å². The Hall–Kier alpha value is -2.53. The van der Waals surface area contributed by atoms with Crippen LogP contribution in [0.3, 0.4) is 0 Å². The molecule has 1 N–H and O–H groups in total. The van der Waals surface area contributed by atoms with Crippen LogP contribution in [-0.4, -0.2) is 23.7 Å². The Morgan fingerprint density at radius 2 is 2.04 bits per heavy atom. The summed E-state index contributed by atoms with van der Waals surface area (Å²) in [6, 6.07) is 11.4. The van der Waals surface area contributed by atoms with Gasteiger partial charge in [-0.15, -0.1) is 0 Å². The molecule has 1 saturated carbocycles. The molecule has 1 aromatic heterocycles. The summed E-state index contributed by atoms with van der Waals surface area (Å²) in [6.07, 6.45) is 2.32. The van der Waals surface area contributed by atoms with E-state index in [1.54, 1.807) is 24.8 Å². The van der Waals surface area contributed by atoms with E-state index in [9.17, 15) is 4.79 Å². The zero-order chi connectivity index (χ0) is 17.6. The third kappa shape index (κ3) is 2.65. The monoisotopic (exact) mass is 355 g/mol. The first-order chi connectivity index (χ1) is 12.1. The molecule has 1 fully saturated rings. The Kier molecular flexibility index (Phi) is 3.88. The van der Waals surface area contributed by atoms with Crippen molar-refractivity contribution in [3.8, 4) is 11.4 Å². The predicted octanol–water partition coefficient (Wildman–Crippen LogP) is 3.97. The number of hydrogen-bond donors (Lipinski definition) is 1. The molecule has 0 saturated heterocycles. The van der Waals surface area contributed by atoms with Crippen LogP contribution >= 0.6 is 11.6 Å². The number of anilines is 1. The van der Waals surface area contributed by atoms with Crippen molar-refractivity contribution < 1.29 is 4.74 Å². The minimum atomic E-state index is -0.375. The topological polar surface area (TPSA) is 56.2 Å². The summed E-state index contributed by atoms with van der Waals surface area (Å²) in [6.45, 7) is 0. The van der Waals surface area contributed by atoms with E-state index < -0.39 is 0 Å². The maximum Gasteiger partial charge on any atom is 0.354 e. The van der Waals surface area contributed by atoms with Crippen molar-refractivity contribution in [2.24, 2.45) is 0 Å². The third-order valence-corrected chi connectivity index (χ3v) is 4.90. The highest BCUT2D eigenvalue weighted by Crippen LogP contribution is 2.44. The number of benzene rings is 2. The van der Waals surface area contributed by atoms with E-state index >= 15 is 0 Å². The average Bonchev–Trinajstić information content (AvgIpc) is 3.46. The van der Waals surface area contributed by atoms with Gasteiger partial charge in [-0.3, -0.25) is 4.57 Å². The lowest BCUT2D eigenvalue weighted by molar-refractivity contribution is 0.419. The number of nitrogens with zero attached hydrogens (tertiary/aromatic N) is 2. The summed E-state index contributed by atoms with van der Waals surface area (Å²) in [5.41, 5.74) is 2.17. The number of nitrogens with one attached hydrogen (secondary N) is 1. The minimum Gasteiger partial charge on any atom is -0.496 e. The van der Waals surface area contributed by atoms with Crippen LogP contribution in [0.5, 0.6) is 5.75 Å². The second-order valence-corrected chi connectivity index (χ2v) is 6.58. The molecule has 1 aliphatic rings.